The Hall–Kier alpha value is -3.65. The molecule has 0 amide bonds. The lowest BCUT2D eigenvalue weighted by Gasteiger charge is -2.28. The molecule has 0 unspecified atom stereocenters. The van der Waals surface area contributed by atoms with Crippen LogP contribution in [-0.4, -0.2) is 41.3 Å². The highest BCUT2D eigenvalue weighted by Crippen LogP contribution is 2.29. The molecular weight excluding hydrogens is 400 g/mol. The molecule has 0 atom stereocenters. The third kappa shape index (κ3) is 4.15. The lowest BCUT2D eigenvalue weighted by molar-refractivity contribution is 0.122. The number of pyridine rings is 1. The molecule has 1 aliphatic heterocycles. The number of morpholine rings is 1. The molecule has 156 valence electrons. The number of halogens is 2. The fourth-order valence-electron chi connectivity index (χ4n) is 3.49. The van der Waals surface area contributed by atoms with Gasteiger partial charge in [0, 0.05) is 24.3 Å². The largest absolute Gasteiger partial charge is 0.378 e. The first-order chi connectivity index (χ1) is 15.2. The molecule has 0 spiro atoms. The predicted molar refractivity (Wildman–Crippen MR) is 115 cm³/mol. The average Bonchev–Trinajstić information content (AvgIpc) is 2.81. The summed E-state index contributed by atoms with van der Waals surface area (Å²) in [5, 5.41) is 3.14. The summed E-state index contributed by atoms with van der Waals surface area (Å²) in [5.74, 6) is 0.494. The van der Waals surface area contributed by atoms with Gasteiger partial charge < -0.3 is 15.0 Å². The summed E-state index contributed by atoms with van der Waals surface area (Å²) in [5.41, 5.74) is 3.54. The summed E-state index contributed by atoms with van der Waals surface area (Å²) in [6.07, 6.45) is 0. The molecule has 5 rings (SSSR count). The van der Waals surface area contributed by atoms with Gasteiger partial charge in [-0.1, -0.05) is 0 Å². The van der Waals surface area contributed by atoms with Crippen LogP contribution in [0.3, 0.4) is 0 Å². The number of nitrogens with one attached hydrogen (secondary N) is 1. The topological polar surface area (TPSA) is 63.2 Å². The van der Waals surface area contributed by atoms with E-state index in [2.05, 4.69) is 15.2 Å². The van der Waals surface area contributed by atoms with Crippen molar-refractivity contribution in [3.05, 3.63) is 72.3 Å². The number of hydrogen-bond donors (Lipinski definition) is 1. The van der Waals surface area contributed by atoms with Crippen LogP contribution >= 0.6 is 0 Å². The first-order valence-corrected chi connectivity index (χ1v) is 9.96. The Labute approximate surface area is 177 Å². The molecule has 4 aromatic rings. The van der Waals surface area contributed by atoms with E-state index in [0.29, 0.717) is 60.5 Å². The monoisotopic (exact) mass is 419 g/mol. The second-order valence-corrected chi connectivity index (χ2v) is 7.17. The Morgan fingerprint density at radius 1 is 0.774 bits per heavy atom. The Morgan fingerprint density at radius 2 is 1.45 bits per heavy atom. The molecule has 0 saturated carbocycles. The number of rotatable bonds is 4. The molecule has 0 bridgehead atoms. The fraction of sp³-hybridized carbons (Fsp3) is 0.174. The number of nitrogens with zero attached hydrogens (tertiary/aromatic N) is 4. The third-order valence-electron chi connectivity index (χ3n) is 5.07. The smallest absolute Gasteiger partial charge is 0.229 e. The van der Waals surface area contributed by atoms with Crippen LogP contribution in [0.5, 0.6) is 0 Å². The molecule has 2 aromatic heterocycles. The Kier molecular flexibility index (Phi) is 5.13. The first-order valence-electron chi connectivity index (χ1n) is 9.96. The number of aromatic nitrogens is 3. The van der Waals surface area contributed by atoms with Gasteiger partial charge in [0.15, 0.2) is 5.82 Å². The maximum Gasteiger partial charge on any atom is 0.229 e. The number of benzene rings is 2. The van der Waals surface area contributed by atoms with Crippen molar-refractivity contribution in [3.63, 3.8) is 0 Å². The van der Waals surface area contributed by atoms with E-state index in [-0.39, 0.29) is 11.6 Å². The van der Waals surface area contributed by atoms with Gasteiger partial charge in [-0.05, 0) is 60.7 Å². The lowest BCUT2D eigenvalue weighted by Crippen LogP contribution is -2.37. The Bertz CT molecular complexity index is 1210. The first kappa shape index (κ1) is 19.3. The average molecular weight is 419 g/mol. The summed E-state index contributed by atoms with van der Waals surface area (Å²) in [6.45, 7) is 2.57. The van der Waals surface area contributed by atoms with Gasteiger partial charge in [0.05, 0.1) is 24.4 Å². The van der Waals surface area contributed by atoms with E-state index in [1.807, 2.05) is 12.1 Å². The van der Waals surface area contributed by atoms with Crippen molar-refractivity contribution in [2.45, 2.75) is 0 Å². The van der Waals surface area contributed by atoms with E-state index in [0.717, 1.165) is 5.56 Å². The fourth-order valence-corrected chi connectivity index (χ4v) is 3.49. The summed E-state index contributed by atoms with van der Waals surface area (Å²) >= 11 is 0. The van der Waals surface area contributed by atoms with Crippen molar-refractivity contribution < 1.29 is 13.5 Å². The maximum atomic E-state index is 13.3. The van der Waals surface area contributed by atoms with Crippen molar-refractivity contribution in [1.29, 1.82) is 0 Å². The molecule has 1 N–H and O–H groups in total. The summed E-state index contributed by atoms with van der Waals surface area (Å²) < 4.78 is 32.0. The minimum absolute atomic E-state index is 0.293. The molecule has 1 aliphatic rings. The van der Waals surface area contributed by atoms with E-state index < -0.39 is 0 Å². The lowest BCUT2D eigenvalue weighted by atomic mass is 10.1. The van der Waals surface area contributed by atoms with Crippen LogP contribution in [0.1, 0.15) is 0 Å². The minimum atomic E-state index is -0.309. The summed E-state index contributed by atoms with van der Waals surface area (Å²) in [6, 6.07) is 16.0. The van der Waals surface area contributed by atoms with Crippen molar-refractivity contribution in [2.24, 2.45) is 0 Å². The zero-order valence-corrected chi connectivity index (χ0v) is 16.6. The number of ether oxygens (including phenoxy) is 1. The van der Waals surface area contributed by atoms with Gasteiger partial charge >= 0.3 is 0 Å². The van der Waals surface area contributed by atoms with Gasteiger partial charge in [-0.25, -0.2) is 18.7 Å². The Morgan fingerprint density at radius 3 is 2.16 bits per heavy atom. The molecule has 0 aliphatic carbocycles. The van der Waals surface area contributed by atoms with Crippen molar-refractivity contribution in [3.8, 4) is 11.3 Å². The molecule has 0 radical (unpaired) electrons. The van der Waals surface area contributed by atoms with Crippen LogP contribution in [0, 0.1) is 11.6 Å². The molecule has 2 aromatic carbocycles. The van der Waals surface area contributed by atoms with Gasteiger partial charge in [0.25, 0.3) is 0 Å². The van der Waals surface area contributed by atoms with E-state index >= 15 is 0 Å². The van der Waals surface area contributed by atoms with E-state index in [9.17, 15) is 8.78 Å². The van der Waals surface area contributed by atoms with Gasteiger partial charge in [-0.3, -0.25) is 0 Å². The molecule has 3 heterocycles. The highest BCUT2D eigenvalue weighted by molar-refractivity contribution is 5.89. The highest BCUT2D eigenvalue weighted by Gasteiger charge is 2.19. The van der Waals surface area contributed by atoms with Crippen LogP contribution in [-0.2, 0) is 4.74 Å². The number of anilines is 3. The molecule has 8 heteroatoms. The SMILES string of the molecule is Fc1ccc(Nc2nc(N3CCOCC3)c3nc(-c4ccc(F)cc4)ccc3n2)cc1. The standard InChI is InChI=1S/C23H19F2N5O/c24-16-3-1-15(2-4-16)19-9-10-20-21(27-19)22(30-11-13-31-14-12-30)29-23(28-20)26-18-7-5-17(25)6-8-18/h1-10H,11-14H2,(H,26,28,29). The van der Waals surface area contributed by atoms with Gasteiger partial charge in [0.1, 0.15) is 17.2 Å². The summed E-state index contributed by atoms with van der Waals surface area (Å²) in [4.78, 5) is 16.2. The van der Waals surface area contributed by atoms with E-state index in [1.165, 1.54) is 24.3 Å². The van der Waals surface area contributed by atoms with Gasteiger partial charge in [-0.15, -0.1) is 0 Å². The van der Waals surface area contributed by atoms with Crippen LogP contribution in [0.25, 0.3) is 22.3 Å². The molecule has 1 saturated heterocycles. The highest BCUT2D eigenvalue weighted by atomic mass is 19.1. The van der Waals surface area contributed by atoms with Crippen LogP contribution < -0.4 is 10.2 Å². The number of hydrogen-bond acceptors (Lipinski definition) is 6. The van der Waals surface area contributed by atoms with Gasteiger partial charge in [0.2, 0.25) is 5.95 Å². The number of fused-ring (bicyclic) bond motifs is 1. The van der Waals surface area contributed by atoms with Crippen LogP contribution in [0.4, 0.5) is 26.2 Å². The third-order valence-corrected chi connectivity index (χ3v) is 5.07. The summed E-state index contributed by atoms with van der Waals surface area (Å²) in [7, 11) is 0. The molecule has 31 heavy (non-hydrogen) atoms. The zero-order chi connectivity index (χ0) is 21.2. The zero-order valence-electron chi connectivity index (χ0n) is 16.6. The van der Waals surface area contributed by atoms with Crippen LogP contribution in [0.15, 0.2) is 60.7 Å². The van der Waals surface area contributed by atoms with E-state index in [4.69, 9.17) is 14.7 Å². The molecular formula is C23H19F2N5O. The van der Waals surface area contributed by atoms with Crippen molar-refractivity contribution in [2.75, 3.05) is 36.5 Å². The molecule has 6 nitrogen and oxygen atoms in total. The predicted octanol–water partition coefficient (Wildman–Crippen LogP) is 4.55. The second kappa shape index (κ2) is 8.23. The normalized spacial score (nSPS) is 14.1. The second-order valence-electron chi connectivity index (χ2n) is 7.17. The maximum absolute atomic E-state index is 13.3. The van der Waals surface area contributed by atoms with Crippen molar-refractivity contribution in [1.82, 2.24) is 15.0 Å². The quantitative estimate of drug-likeness (QED) is 0.524. The van der Waals surface area contributed by atoms with Crippen LogP contribution in [0.2, 0.25) is 0 Å². The minimum Gasteiger partial charge on any atom is -0.378 e. The van der Waals surface area contributed by atoms with Crippen molar-refractivity contribution >= 4 is 28.5 Å². The Balaban J connectivity index is 1.59. The van der Waals surface area contributed by atoms with Gasteiger partial charge in [-0.2, -0.15) is 4.98 Å². The van der Waals surface area contributed by atoms with E-state index in [1.54, 1.807) is 24.3 Å². The molecule has 1 fully saturated rings.